The van der Waals surface area contributed by atoms with Gasteiger partial charge in [0.25, 0.3) is 0 Å². The number of hydrogen-bond acceptors (Lipinski definition) is 3. The SMILES string of the molecule is COc1ccc(C(Nc2cccc(C)c2)C(=O)O)cc1. The van der Waals surface area contributed by atoms with Gasteiger partial charge < -0.3 is 15.2 Å². The van der Waals surface area contributed by atoms with E-state index in [1.165, 1.54) is 0 Å². The largest absolute Gasteiger partial charge is 0.497 e. The number of carbonyl (C=O) groups is 1. The van der Waals surface area contributed by atoms with Gasteiger partial charge in [0.1, 0.15) is 5.75 Å². The van der Waals surface area contributed by atoms with E-state index in [1.54, 1.807) is 31.4 Å². The van der Waals surface area contributed by atoms with E-state index in [9.17, 15) is 9.90 Å². The van der Waals surface area contributed by atoms with Gasteiger partial charge in [0.15, 0.2) is 6.04 Å². The number of ether oxygens (including phenoxy) is 1. The van der Waals surface area contributed by atoms with Crippen LogP contribution in [0.3, 0.4) is 0 Å². The van der Waals surface area contributed by atoms with Crippen molar-refractivity contribution in [3.8, 4) is 5.75 Å². The van der Waals surface area contributed by atoms with Crippen LogP contribution < -0.4 is 10.1 Å². The fourth-order valence-electron chi connectivity index (χ4n) is 1.99. The second kappa shape index (κ2) is 6.10. The van der Waals surface area contributed by atoms with Gasteiger partial charge in [-0.1, -0.05) is 24.3 Å². The van der Waals surface area contributed by atoms with E-state index in [-0.39, 0.29) is 0 Å². The summed E-state index contributed by atoms with van der Waals surface area (Å²) in [7, 11) is 1.58. The standard InChI is InChI=1S/C16H17NO3/c1-11-4-3-5-13(10-11)17-15(16(18)19)12-6-8-14(20-2)9-7-12/h3-10,15,17H,1-2H3,(H,18,19). The van der Waals surface area contributed by atoms with Gasteiger partial charge >= 0.3 is 5.97 Å². The first-order valence-electron chi connectivity index (χ1n) is 6.30. The number of nitrogens with one attached hydrogen (secondary N) is 1. The molecular weight excluding hydrogens is 254 g/mol. The summed E-state index contributed by atoms with van der Waals surface area (Å²) in [5.41, 5.74) is 2.54. The zero-order valence-electron chi connectivity index (χ0n) is 11.5. The molecule has 0 aliphatic carbocycles. The van der Waals surface area contributed by atoms with Crippen molar-refractivity contribution in [2.75, 3.05) is 12.4 Å². The molecule has 1 atom stereocenters. The second-order valence-corrected chi connectivity index (χ2v) is 4.56. The maximum absolute atomic E-state index is 11.4. The first-order chi connectivity index (χ1) is 9.60. The highest BCUT2D eigenvalue weighted by Crippen LogP contribution is 2.22. The quantitative estimate of drug-likeness (QED) is 0.876. The number of hydrogen-bond donors (Lipinski definition) is 2. The monoisotopic (exact) mass is 271 g/mol. The number of aryl methyl sites for hydroxylation is 1. The molecule has 2 N–H and O–H groups in total. The molecule has 0 heterocycles. The summed E-state index contributed by atoms with van der Waals surface area (Å²) >= 11 is 0. The third-order valence-corrected chi connectivity index (χ3v) is 3.03. The molecule has 4 nitrogen and oxygen atoms in total. The lowest BCUT2D eigenvalue weighted by Gasteiger charge is -2.17. The Labute approximate surface area is 118 Å². The summed E-state index contributed by atoms with van der Waals surface area (Å²) in [6.07, 6.45) is 0. The molecule has 2 aromatic carbocycles. The number of carboxylic acids is 1. The Hall–Kier alpha value is -2.49. The number of anilines is 1. The van der Waals surface area contributed by atoms with Crippen molar-refractivity contribution in [1.29, 1.82) is 0 Å². The minimum absolute atomic E-state index is 0.680. The molecule has 2 aromatic rings. The zero-order chi connectivity index (χ0) is 14.5. The molecule has 0 aromatic heterocycles. The van der Waals surface area contributed by atoms with Crippen molar-refractivity contribution in [3.05, 3.63) is 59.7 Å². The highest BCUT2D eigenvalue weighted by atomic mass is 16.5. The molecule has 104 valence electrons. The van der Waals surface area contributed by atoms with E-state index in [0.29, 0.717) is 11.3 Å². The Balaban J connectivity index is 2.24. The number of benzene rings is 2. The molecule has 0 radical (unpaired) electrons. The third kappa shape index (κ3) is 3.29. The fourth-order valence-corrected chi connectivity index (χ4v) is 1.99. The Morgan fingerprint density at radius 2 is 1.90 bits per heavy atom. The van der Waals surface area contributed by atoms with E-state index >= 15 is 0 Å². The minimum atomic E-state index is -0.920. The van der Waals surface area contributed by atoms with E-state index in [1.807, 2.05) is 31.2 Å². The Morgan fingerprint density at radius 1 is 1.20 bits per heavy atom. The van der Waals surface area contributed by atoms with Crippen LogP contribution in [0.1, 0.15) is 17.2 Å². The van der Waals surface area contributed by atoms with Gasteiger partial charge in [0, 0.05) is 5.69 Å². The van der Waals surface area contributed by atoms with Crippen molar-refractivity contribution >= 4 is 11.7 Å². The van der Waals surface area contributed by atoms with Gasteiger partial charge in [-0.25, -0.2) is 4.79 Å². The van der Waals surface area contributed by atoms with Gasteiger partial charge in [-0.2, -0.15) is 0 Å². The van der Waals surface area contributed by atoms with Crippen LogP contribution in [0.15, 0.2) is 48.5 Å². The summed E-state index contributed by atoms with van der Waals surface area (Å²) in [5.74, 6) is -0.217. The van der Waals surface area contributed by atoms with Gasteiger partial charge in [-0.3, -0.25) is 0 Å². The molecule has 0 saturated heterocycles. The third-order valence-electron chi connectivity index (χ3n) is 3.03. The van der Waals surface area contributed by atoms with Crippen LogP contribution >= 0.6 is 0 Å². The molecule has 2 rings (SSSR count). The second-order valence-electron chi connectivity index (χ2n) is 4.56. The van der Waals surface area contributed by atoms with E-state index in [0.717, 1.165) is 11.3 Å². The van der Waals surface area contributed by atoms with Crippen LogP contribution in [0, 0.1) is 6.92 Å². The van der Waals surface area contributed by atoms with Gasteiger partial charge in [0.2, 0.25) is 0 Å². The molecule has 0 aliphatic heterocycles. The lowest BCUT2D eigenvalue weighted by Crippen LogP contribution is -2.20. The summed E-state index contributed by atoms with van der Waals surface area (Å²) in [4.78, 5) is 11.4. The van der Waals surface area contributed by atoms with Crippen LogP contribution in [0.25, 0.3) is 0 Å². The molecule has 0 saturated carbocycles. The van der Waals surface area contributed by atoms with Crippen LogP contribution in [0.5, 0.6) is 5.75 Å². The van der Waals surface area contributed by atoms with Gasteiger partial charge in [-0.05, 0) is 42.3 Å². The molecule has 0 amide bonds. The van der Waals surface area contributed by atoms with Crippen molar-refractivity contribution in [1.82, 2.24) is 0 Å². The van der Waals surface area contributed by atoms with Crippen LogP contribution in [0.4, 0.5) is 5.69 Å². The Morgan fingerprint density at radius 3 is 2.45 bits per heavy atom. The summed E-state index contributed by atoms with van der Waals surface area (Å²) < 4.78 is 5.08. The highest BCUT2D eigenvalue weighted by Gasteiger charge is 2.19. The molecule has 0 bridgehead atoms. The van der Waals surface area contributed by atoms with Crippen molar-refractivity contribution in [2.45, 2.75) is 13.0 Å². The number of methoxy groups -OCH3 is 1. The van der Waals surface area contributed by atoms with Gasteiger partial charge in [-0.15, -0.1) is 0 Å². The Bertz CT molecular complexity index is 593. The van der Waals surface area contributed by atoms with E-state index in [4.69, 9.17) is 4.74 Å². The number of aliphatic carboxylic acids is 1. The zero-order valence-corrected chi connectivity index (χ0v) is 11.5. The summed E-state index contributed by atoms with van der Waals surface area (Å²) in [6.45, 7) is 1.97. The molecule has 20 heavy (non-hydrogen) atoms. The van der Waals surface area contributed by atoms with Crippen molar-refractivity contribution < 1.29 is 14.6 Å². The van der Waals surface area contributed by atoms with E-state index < -0.39 is 12.0 Å². The van der Waals surface area contributed by atoms with Gasteiger partial charge in [0.05, 0.1) is 7.11 Å². The molecular formula is C16H17NO3. The maximum atomic E-state index is 11.4. The van der Waals surface area contributed by atoms with Crippen molar-refractivity contribution in [2.24, 2.45) is 0 Å². The summed E-state index contributed by atoms with van der Waals surface area (Å²) in [5, 5.41) is 12.4. The molecule has 4 heteroatoms. The van der Waals surface area contributed by atoms with Crippen LogP contribution in [-0.4, -0.2) is 18.2 Å². The normalized spacial score (nSPS) is 11.7. The lowest BCUT2D eigenvalue weighted by molar-refractivity contribution is -0.138. The van der Waals surface area contributed by atoms with Crippen LogP contribution in [0.2, 0.25) is 0 Å². The smallest absolute Gasteiger partial charge is 0.330 e. The molecule has 0 aliphatic rings. The maximum Gasteiger partial charge on any atom is 0.330 e. The molecule has 0 spiro atoms. The first kappa shape index (κ1) is 13.9. The molecule has 1 unspecified atom stereocenters. The highest BCUT2D eigenvalue weighted by molar-refractivity contribution is 5.79. The average Bonchev–Trinajstić information content (AvgIpc) is 2.45. The number of carboxylic acid groups (broad SMARTS) is 1. The Kier molecular flexibility index (Phi) is 4.25. The fraction of sp³-hybridized carbons (Fsp3) is 0.188. The summed E-state index contributed by atoms with van der Waals surface area (Å²) in [6, 6.07) is 13.8. The first-order valence-corrected chi connectivity index (χ1v) is 6.30. The molecule has 0 fully saturated rings. The average molecular weight is 271 g/mol. The lowest BCUT2D eigenvalue weighted by atomic mass is 10.1. The predicted octanol–water partition coefficient (Wildman–Crippen LogP) is 3.24. The van der Waals surface area contributed by atoms with E-state index in [2.05, 4.69) is 5.32 Å². The topological polar surface area (TPSA) is 58.6 Å². The van der Waals surface area contributed by atoms with Crippen molar-refractivity contribution in [3.63, 3.8) is 0 Å². The predicted molar refractivity (Wildman–Crippen MR) is 78.2 cm³/mol. The number of rotatable bonds is 5. The minimum Gasteiger partial charge on any atom is -0.497 e. The van der Waals surface area contributed by atoms with Crippen LogP contribution in [-0.2, 0) is 4.79 Å².